The number of carboxylic acids is 1. The van der Waals surface area contributed by atoms with Gasteiger partial charge in [0.1, 0.15) is 6.61 Å². The van der Waals surface area contributed by atoms with E-state index in [1.165, 1.54) is 18.4 Å². The van der Waals surface area contributed by atoms with E-state index in [1.807, 2.05) is 57.2 Å². The van der Waals surface area contributed by atoms with E-state index in [-0.39, 0.29) is 17.9 Å². The number of nitrogens with zero attached hydrogens (tertiary/aromatic N) is 2. The number of amides is 1. The maximum absolute atomic E-state index is 12.9. The quantitative estimate of drug-likeness (QED) is 0.559. The van der Waals surface area contributed by atoms with Crippen molar-refractivity contribution in [3.05, 3.63) is 75.7 Å². The lowest BCUT2D eigenvalue weighted by Crippen LogP contribution is -2.37. The maximum Gasteiger partial charge on any atom is 0.410 e. The molecule has 2 aromatic carbocycles. The number of hydrogen-bond donors (Lipinski definition) is 1. The summed E-state index contributed by atoms with van der Waals surface area (Å²) in [5.74, 6) is -1.23. The van der Waals surface area contributed by atoms with Gasteiger partial charge in [0.2, 0.25) is 0 Å². The van der Waals surface area contributed by atoms with Crippen LogP contribution in [0, 0.1) is 0 Å². The molecule has 0 spiro atoms. The van der Waals surface area contributed by atoms with E-state index in [0.29, 0.717) is 5.69 Å². The summed E-state index contributed by atoms with van der Waals surface area (Å²) < 4.78 is 5.63. The van der Waals surface area contributed by atoms with Crippen LogP contribution in [-0.4, -0.2) is 40.7 Å². The lowest BCUT2D eigenvalue weighted by molar-refractivity contribution is -0.142. The van der Waals surface area contributed by atoms with Gasteiger partial charge in [0.05, 0.1) is 10.7 Å². The molecule has 1 amide bonds. The molecular weight excluding hydrogens is 424 g/mol. The van der Waals surface area contributed by atoms with Crippen molar-refractivity contribution in [2.75, 3.05) is 13.7 Å². The third-order valence-corrected chi connectivity index (χ3v) is 6.98. The summed E-state index contributed by atoms with van der Waals surface area (Å²) in [6.07, 6.45) is -0.690. The molecule has 0 saturated carbocycles. The summed E-state index contributed by atoms with van der Waals surface area (Å²) in [7, 11) is 1.44. The minimum Gasteiger partial charge on any atom is -0.479 e. The van der Waals surface area contributed by atoms with Crippen LogP contribution in [0.2, 0.25) is 0 Å². The average molecular weight is 451 g/mol. The van der Waals surface area contributed by atoms with Gasteiger partial charge in [-0.3, -0.25) is 4.90 Å². The number of hydrogen-bond acceptors (Lipinski definition) is 5. The number of rotatable bonds is 5. The lowest BCUT2D eigenvalue weighted by Gasteiger charge is -2.24. The normalized spacial score (nSPS) is 13.9. The minimum atomic E-state index is -1.21. The maximum atomic E-state index is 12.9. The van der Waals surface area contributed by atoms with Gasteiger partial charge in [0.25, 0.3) is 0 Å². The van der Waals surface area contributed by atoms with Crippen LogP contribution in [0.4, 0.5) is 4.79 Å². The van der Waals surface area contributed by atoms with E-state index in [0.717, 1.165) is 32.2 Å². The Labute approximate surface area is 191 Å². The smallest absolute Gasteiger partial charge is 0.410 e. The number of aliphatic carboxylic acids is 1. The highest BCUT2D eigenvalue weighted by atomic mass is 32.1. The average Bonchev–Trinajstić information content (AvgIpc) is 3.35. The van der Waals surface area contributed by atoms with Crippen LogP contribution < -0.4 is 0 Å². The molecule has 1 aromatic heterocycles. The number of ether oxygens (including phenoxy) is 1. The van der Waals surface area contributed by atoms with Crippen molar-refractivity contribution in [3.63, 3.8) is 0 Å². The molecule has 1 heterocycles. The Morgan fingerprint density at radius 1 is 1.09 bits per heavy atom. The van der Waals surface area contributed by atoms with E-state index in [4.69, 9.17) is 4.74 Å². The molecule has 4 rings (SSSR count). The molecule has 1 N–H and O–H groups in total. The van der Waals surface area contributed by atoms with Crippen molar-refractivity contribution in [1.82, 2.24) is 9.88 Å². The third kappa shape index (κ3) is 4.00. The molecule has 1 aliphatic carbocycles. The highest BCUT2D eigenvalue weighted by molar-refractivity contribution is 7.09. The van der Waals surface area contributed by atoms with Gasteiger partial charge >= 0.3 is 12.1 Å². The van der Waals surface area contributed by atoms with Gasteiger partial charge in [0, 0.05) is 23.8 Å². The van der Waals surface area contributed by atoms with Crippen LogP contribution >= 0.6 is 11.3 Å². The predicted molar refractivity (Wildman–Crippen MR) is 124 cm³/mol. The number of aromatic nitrogens is 1. The number of thiazole rings is 1. The lowest BCUT2D eigenvalue weighted by atomic mass is 9.98. The molecule has 0 radical (unpaired) electrons. The van der Waals surface area contributed by atoms with Crippen molar-refractivity contribution < 1.29 is 19.4 Å². The van der Waals surface area contributed by atoms with Crippen molar-refractivity contribution >= 4 is 23.4 Å². The van der Waals surface area contributed by atoms with Crippen LogP contribution in [0.15, 0.2) is 53.9 Å². The second-order valence-electron chi connectivity index (χ2n) is 8.98. The van der Waals surface area contributed by atoms with Crippen LogP contribution in [-0.2, 0) is 14.9 Å². The molecule has 3 aromatic rings. The van der Waals surface area contributed by atoms with E-state index in [1.54, 1.807) is 5.38 Å². The van der Waals surface area contributed by atoms with Crippen LogP contribution in [0.5, 0.6) is 0 Å². The fourth-order valence-electron chi connectivity index (χ4n) is 4.05. The Bertz CT molecular complexity index is 1120. The summed E-state index contributed by atoms with van der Waals surface area (Å²) in [6, 6.07) is 14.9. The summed E-state index contributed by atoms with van der Waals surface area (Å²) in [5.41, 5.74) is 4.62. The van der Waals surface area contributed by atoms with Crippen LogP contribution in [0.25, 0.3) is 11.1 Å². The Balaban J connectivity index is 1.52. The monoisotopic (exact) mass is 450 g/mol. The number of carboxylic acid groups (broad SMARTS) is 1. The highest BCUT2D eigenvalue weighted by Crippen LogP contribution is 2.44. The molecule has 0 fully saturated rings. The first kappa shape index (κ1) is 22.0. The van der Waals surface area contributed by atoms with Gasteiger partial charge in [-0.15, -0.1) is 11.3 Å². The topological polar surface area (TPSA) is 79.7 Å². The number of carbonyl (C=O) groups excluding carboxylic acids is 1. The van der Waals surface area contributed by atoms with Crippen LogP contribution in [0.1, 0.15) is 54.6 Å². The first-order chi connectivity index (χ1) is 15.2. The van der Waals surface area contributed by atoms with Crippen molar-refractivity contribution in [2.45, 2.75) is 38.1 Å². The standard InChI is InChI=1S/C25H26N2O4S/c1-25(2,3)23-26-20(14-32-23)21(22(28)29)27(4)24(30)31-13-19-17-11-7-5-9-15(17)16-10-6-8-12-18(16)19/h5-12,14,19,21H,13H2,1-4H3,(H,28,29). The van der Waals surface area contributed by atoms with E-state index >= 15 is 0 Å². The Kier molecular flexibility index (Phi) is 5.77. The zero-order valence-corrected chi connectivity index (χ0v) is 19.3. The van der Waals surface area contributed by atoms with E-state index in [2.05, 4.69) is 17.1 Å². The summed E-state index contributed by atoms with van der Waals surface area (Å²) in [6.45, 7) is 6.18. The molecular formula is C25H26N2O4S. The van der Waals surface area contributed by atoms with E-state index < -0.39 is 18.1 Å². The largest absolute Gasteiger partial charge is 0.479 e. The Morgan fingerprint density at radius 3 is 2.16 bits per heavy atom. The zero-order chi connectivity index (χ0) is 23.0. The summed E-state index contributed by atoms with van der Waals surface area (Å²) >= 11 is 1.40. The summed E-state index contributed by atoms with van der Waals surface area (Å²) in [4.78, 5) is 30.5. The molecule has 0 saturated heterocycles. The SMILES string of the molecule is CN(C(=O)OCC1c2ccccc2-c2ccccc21)C(C(=O)O)c1csc(C(C)(C)C)n1. The molecule has 166 valence electrons. The van der Waals surface area contributed by atoms with Crippen molar-refractivity contribution in [3.8, 4) is 11.1 Å². The second kappa shape index (κ2) is 8.39. The molecule has 32 heavy (non-hydrogen) atoms. The fourth-order valence-corrected chi connectivity index (χ4v) is 4.97. The van der Waals surface area contributed by atoms with Crippen molar-refractivity contribution in [2.24, 2.45) is 0 Å². The fraction of sp³-hybridized carbons (Fsp3) is 0.320. The first-order valence-electron chi connectivity index (χ1n) is 10.4. The minimum absolute atomic E-state index is 0.0882. The number of benzene rings is 2. The number of likely N-dealkylation sites (N-methyl/N-ethyl adjacent to an activating group) is 1. The number of carbonyl (C=O) groups is 2. The third-order valence-electron chi connectivity index (χ3n) is 5.69. The van der Waals surface area contributed by atoms with Crippen LogP contribution in [0.3, 0.4) is 0 Å². The van der Waals surface area contributed by atoms with Gasteiger partial charge in [0.15, 0.2) is 6.04 Å². The molecule has 7 heteroatoms. The van der Waals surface area contributed by atoms with E-state index in [9.17, 15) is 14.7 Å². The molecule has 1 unspecified atom stereocenters. The Hall–Kier alpha value is -3.19. The van der Waals surface area contributed by atoms with Gasteiger partial charge in [-0.05, 0) is 22.3 Å². The van der Waals surface area contributed by atoms with Gasteiger partial charge < -0.3 is 9.84 Å². The number of fused-ring (bicyclic) bond motifs is 3. The molecule has 0 bridgehead atoms. The first-order valence-corrected chi connectivity index (χ1v) is 11.3. The zero-order valence-electron chi connectivity index (χ0n) is 18.5. The molecule has 1 aliphatic rings. The van der Waals surface area contributed by atoms with Crippen molar-refractivity contribution in [1.29, 1.82) is 0 Å². The Morgan fingerprint density at radius 2 is 1.66 bits per heavy atom. The molecule has 1 atom stereocenters. The summed E-state index contributed by atoms with van der Waals surface area (Å²) in [5, 5.41) is 12.3. The second-order valence-corrected chi connectivity index (χ2v) is 9.84. The molecule has 6 nitrogen and oxygen atoms in total. The highest BCUT2D eigenvalue weighted by Gasteiger charge is 2.34. The molecule has 0 aliphatic heterocycles. The van der Waals surface area contributed by atoms with Gasteiger partial charge in [-0.2, -0.15) is 0 Å². The van der Waals surface area contributed by atoms with Gasteiger partial charge in [-0.1, -0.05) is 69.3 Å². The van der Waals surface area contributed by atoms with Gasteiger partial charge in [-0.25, -0.2) is 14.6 Å². The predicted octanol–water partition coefficient (Wildman–Crippen LogP) is 5.45.